The summed E-state index contributed by atoms with van der Waals surface area (Å²) < 4.78 is 0. The fourth-order valence-corrected chi connectivity index (χ4v) is 2.46. The molecule has 0 aromatic heterocycles. The van der Waals surface area contributed by atoms with Gasteiger partial charge in [0.25, 0.3) is 0 Å². The first-order valence-corrected chi connectivity index (χ1v) is 5.06. The van der Waals surface area contributed by atoms with E-state index in [2.05, 4.69) is 12.1 Å². The largest absolute Gasteiger partial charge is 0.480 e. The van der Waals surface area contributed by atoms with Gasteiger partial charge in [-0.15, -0.1) is 0 Å². The average molecular weight is 205 g/mol. The van der Waals surface area contributed by atoms with E-state index in [1.54, 1.807) is 0 Å². The van der Waals surface area contributed by atoms with Crippen LogP contribution in [0, 0.1) is 13.8 Å². The van der Waals surface area contributed by atoms with Gasteiger partial charge in [0.1, 0.15) is 6.04 Å². The van der Waals surface area contributed by atoms with E-state index in [-0.39, 0.29) is 0 Å². The van der Waals surface area contributed by atoms with Gasteiger partial charge >= 0.3 is 5.97 Å². The van der Waals surface area contributed by atoms with Gasteiger partial charge in [-0.1, -0.05) is 17.7 Å². The average Bonchev–Trinajstić information content (AvgIpc) is 2.42. The molecule has 0 spiro atoms. The summed E-state index contributed by atoms with van der Waals surface area (Å²) in [4.78, 5) is 12.9. The third kappa shape index (κ3) is 1.48. The van der Waals surface area contributed by atoms with Crippen molar-refractivity contribution in [3.63, 3.8) is 0 Å². The molecule has 0 radical (unpaired) electrons. The van der Waals surface area contributed by atoms with E-state index in [0.717, 1.165) is 16.8 Å². The summed E-state index contributed by atoms with van der Waals surface area (Å²) in [5, 5.41) is 9.07. The number of aliphatic carboxylic acids is 1. The van der Waals surface area contributed by atoms with Crippen LogP contribution in [0.4, 0.5) is 5.69 Å². The molecule has 80 valence electrons. The smallest absolute Gasteiger partial charge is 0.326 e. The Morgan fingerprint density at radius 2 is 2.13 bits per heavy atom. The first-order valence-electron chi connectivity index (χ1n) is 5.06. The molecular formula is C12H15NO2. The van der Waals surface area contributed by atoms with E-state index in [1.807, 2.05) is 25.8 Å². The van der Waals surface area contributed by atoms with Crippen molar-refractivity contribution in [2.24, 2.45) is 0 Å². The van der Waals surface area contributed by atoms with Crippen LogP contribution in [0.3, 0.4) is 0 Å². The second-order valence-corrected chi connectivity index (χ2v) is 4.26. The number of hydrogen-bond acceptors (Lipinski definition) is 2. The van der Waals surface area contributed by atoms with Gasteiger partial charge in [0, 0.05) is 19.2 Å². The van der Waals surface area contributed by atoms with Crippen LogP contribution in [0.25, 0.3) is 0 Å². The lowest BCUT2D eigenvalue weighted by molar-refractivity contribution is -0.138. The van der Waals surface area contributed by atoms with Gasteiger partial charge in [-0.3, -0.25) is 0 Å². The van der Waals surface area contributed by atoms with Crippen molar-refractivity contribution < 1.29 is 9.90 Å². The summed E-state index contributed by atoms with van der Waals surface area (Å²) in [6, 6.07) is 3.78. The molecule has 1 aromatic rings. The van der Waals surface area contributed by atoms with Crippen molar-refractivity contribution in [3.8, 4) is 0 Å². The number of likely N-dealkylation sites (N-methyl/N-ethyl adjacent to an activating group) is 1. The molecule has 0 amide bonds. The second-order valence-electron chi connectivity index (χ2n) is 4.26. The Labute approximate surface area is 89.3 Å². The number of nitrogens with zero attached hydrogens (tertiary/aromatic N) is 1. The topological polar surface area (TPSA) is 40.5 Å². The zero-order valence-electron chi connectivity index (χ0n) is 9.24. The first-order chi connectivity index (χ1) is 7.00. The standard InChI is InChI=1S/C12H15NO2/c1-7-4-8(2)11-9(5-7)6-10(12(14)15)13(11)3/h4-5,10H,6H2,1-3H3,(H,14,15). The van der Waals surface area contributed by atoms with E-state index in [9.17, 15) is 4.79 Å². The van der Waals surface area contributed by atoms with Crippen LogP contribution in [0.5, 0.6) is 0 Å². The van der Waals surface area contributed by atoms with Crippen molar-refractivity contribution >= 4 is 11.7 Å². The van der Waals surface area contributed by atoms with Crippen LogP contribution in [0.15, 0.2) is 12.1 Å². The van der Waals surface area contributed by atoms with Crippen LogP contribution in [0.1, 0.15) is 16.7 Å². The molecule has 0 saturated heterocycles. The van der Waals surface area contributed by atoms with E-state index in [0.29, 0.717) is 6.42 Å². The molecule has 0 bridgehead atoms. The Morgan fingerprint density at radius 1 is 1.47 bits per heavy atom. The van der Waals surface area contributed by atoms with Gasteiger partial charge in [-0.25, -0.2) is 4.79 Å². The maximum Gasteiger partial charge on any atom is 0.326 e. The van der Waals surface area contributed by atoms with Gasteiger partial charge in [-0.2, -0.15) is 0 Å². The fourth-order valence-electron chi connectivity index (χ4n) is 2.46. The monoisotopic (exact) mass is 205 g/mol. The molecule has 1 atom stereocenters. The molecule has 1 aromatic carbocycles. The SMILES string of the molecule is Cc1cc(C)c2c(c1)CC(C(=O)O)N2C. The molecule has 1 aliphatic rings. The number of anilines is 1. The van der Waals surface area contributed by atoms with E-state index < -0.39 is 12.0 Å². The number of carbonyl (C=O) groups is 1. The molecular weight excluding hydrogens is 190 g/mol. The summed E-state index contributed by atoms with van der Waals surface area (Å²) in [5.74, 6) is -0.745. The molecule has 0 aliphatic carbocycles. The third-order valence-electron chi connectivity index (χ3n) is 3.04. The zero-order valence-corrected chi connectivity index (χ0v) is 9.24. The van der Waals surface area contributed by atoms with Gasteiger partial charge in [0.2, 0.25) is 0 Å². The molecule has 3 heteroatoms. The molecule has 0 saturated carbocycles. The molecule has 1 unspecified atom stereocenters. The molecule has 1 heterocycles. The zero-order chi connectivity index (χ0) is 11.2. The highest BCUT2D eigenvalue weighted by atomic mass is 16.4. The second kappa shape index (κ2) is 3.26. The highest BCUT2D eigenvalue weighted by molar-refractivity contribution is 5.83. The molecule has 15 heavy (non-hydrogen) atoms. The number of carboxylic acid groups (broad SMARTS) is 1. The van der Waals surface area contributed by atoms with Gasteiger partial charge in [-0.05, 0) is 25.0 Å². The molecule has 1 N–H and O–H groups in total. The molecule has 3 nitrogen and oxygen atoms in total. The minimum absolute atomic E-state index is 0.402. The minimum atomic E-state index is -0.745. The quantitative estimate of drug-likeness (QED) is 0.759. The van der Waals surface area contributed by atoms with Crippen LogP contribution in [-0.4, -0.2) is 24.2 Å². The lowest BCUT2D eigenvalue weighted by Crippen LogP contribution is -2.35. The number of hydrogen-bond donors (Lipinski definition) is 1. The molecule has 0 fully saturated rings. The number of benzene rings is 1. The third-order valence-corrected chi connectivity index (χ3v) is 3.04. The highest BCUT2D eigenvalue weighted by Gasteiger charge is 2.32. The number of carboxylic acids is 1. The summed E-state index contributed by atoms with van der Waals surface area (Å²) in [5.41, 5.74) is 4.61. The highest BCUT2D eigenvalue weighted by Crippen LogP contribution is 2.34. The lowest BCUT2D eigenvalue weighted by atomic mass is 10.0. The van der Waals surface area contributed by atoms with Gasteiger partial charge in [0.05, 0.1) is 0 Å². The Balaban J connectivity index is 2.49. The van der Waals surface area contributed by atoms with Crippen molar-refractivity contribution in [1.29, 1.82) is 0 Å². The van der Waals surface area contributed by atoms with Crippen LogP contribution in [-0.2, 0) is 11.2 Å². The minimum Gasteiger partial charge on any atom is -0.480 e. The van der Waals surface area contributed by atoms with Crippen LogP contribution >= 0.6 is 0 Å². The Bertz CT molecular complexity index is 426. The number of aryl methyl sites for hydroxylation is 2. The maximum absolute atomic E-state index is 11.0. The lowest BCUT2D eigenvalue weighted by Gasteiger charge is -2.20. The van der Waals surface area contributed by atoms with E-state index >= 15 is 0 Å². The summed E-state index contributed by atoms with van der Waals surface area (Å²) in [6.07, 6.45) is 0.615. The van der Waals surface area contributed by atoms with E-state index in [4.69, 9.17) is 5.11 Å². The van der Waals surface area contributed by atoms with Crippen LogP contribution in [0.2, 0.25) is 0 Å². The number of fused-ring (bicyclic) bond motifs is 1. The van der Waals surface area contributed by atoms with Gasteiger partial charge < -0.3 is 10.0 Å². The normalized spacial score (nSPS) is 19.1. The summed E-state index contributed by atoms with van der Waals surface area (Å²) >= 11 is 0. The summed E-state index contributed by atoms with van der Waals surface area (Å²) in [6.45, 7) is 4.08. The maximum atomic E-state index is 11.0. The Kier molecular flexibility index (Phi) is 2.18. The van der Waals surface area contributed by atoms with Crippen molar-refractivity contribution in [2.75, 3.05) is 11.9 Å². The molecule has 2 rings (SSSR count). The number of rotatable bonds is 1. The predicted octanol–water partition coefficient (Wildman–Crippen LogP) is 1.75. The van der Waals surface area contributed by atoms with Gasteiger partial charge in [0.15, 0.2) is 0 Å². The summed E-state index contributed by atoms with van der Waals surface area (Å²) in [7, 11) is 1.85. The van der Waals surface area contributed by atoms with Crippen LogP contribution < -0.4 is 4.90 Å². The van der Waals surface area contributed by atoms with E-state index in [1.165, 1.54) is 5.56 Å². The van der Waals surface area contributed by atoms with Crippen molar-refractivity contribution in [2.45, 2.75) is 26.3 Å². The Morgan fingerprint density at radius 3 is 2.73 bits per heavy atom. The van der Waals surface area contributed by atoms with Crippen molar-refractivity contribution in [1.82, 2.24) is 0 Å². The van der Waals surface area contributed by atoms with Crippen molar-refractivity contribution in [3.05, 3.63) is 28.8 Å². The first kappa shape index (κ1) is 10.0. The fraction of sp³-hybridized carbons (Fsp3) is 0.417. The Hall–Kier alpha value is -1.51. The predicted molar refractivity (Wildman–Crippen MR) is 59.4 cm³/mol. The molecule has 1 aliphatic heterocycles.